The van der Waals surface area contributed by atoms with E-state index in [2.05, 4.69) is 15.5 Å². The number of anilines is 1. The van der Waals surface area contributed by atoms with Gasteiger partial charge in [-0.1, -0.05) is 11.6 Å². The normalized spacial score (nSPS) is 28.1. The van der Waals surface area contributed by atoms with Crippen LogP contribution in [0.15, 0.2) is 16.7 Å². The van der Waals surface area contributed by atoms with Gasteiger partial charge >= 0.3 is 0 Å². The summed E-state index contributed by atoms with van der Waals surface area (Å²) in [5, 5.41) is 21.8. The third-order valence-electron chi connectivity index (χ3n) is 3.06. The number of nitrogens with zero attached hydrogens (tertiary/aromatic N) is 2. The lowest BCUT2D eigenvalue weighted by Crippen LogP contribution is -2.48. The van der Waals surface area contributed by atoms with E-state index in [0.29, 0.717) is 24.2 Å². The Hall–Kier alpha value is -1.33. The average Bonchev–Trinajstić information content (AvgIpc) is 2.69. The van der Waals surface area contributed by atoms with Crippen molar-refractivity contribution in [1.29, 1.82) is 0 Å². The van der Waals surface area contributed by atoms with Crippen molar-refractivity contribution in [3.05, 3.63) is 17.5 Å². The molecule has 1 aliphatic rings. The fraction of sp³-hybridized carbons (Fsp3) is 0.455. The van der Waals surface area contributed by atoms with Gasteiger partial charge in [-0.25, -0.2) is 0 Å². The van der Waals surface area contributed by atoms with Crippen LogP contribution in [0.5, 0.6) is 0 Å². The van der Waals surface area contributed by atoms with Crippen LogP contribution < -0.4 is 5.32 Å². The number of fused-ring (bicyclic) bond motifs is 1. The van der Waals surface area contributed by atoms with E-state index >= 15 is 0 Å². The Bertz CT molecular complexity index is 559. The summed E-state index contributed by atoms with van der Waals surface area (Å²) in [4.78, 5) is 0. The maximum Gasteiger partial charge on any atom is 0.195 e. The van der Waals surface area contributed by atoms with E-state index in [9.17, 15) is 5.11 Å². The number of rotatable bonds is 2. The molecule has 90 valence electrons. The molecule has 5 nitrogen and oxygen atoms in total. The molecule has 0 aromatic carbocycles. The molecular formula is C11H12ClN3O2. The Morgan fingerprint density at radius 3 is 3.00 bits per heavy atom. The van der Waals surface area contributed by atoms with E-state index in [4.69, 9.17) is 16.0 Å². The van der Waals surface area contributed by atoms with E-state index in [1.807, 2.05) is 6.92 Å². The van der Waals surface area contributed by atoms with Crippen molar-refractivity contribution in [2.75, 3.05) is 5.32 Å². The lowest BCUT2D eigenvalue weighted by atomic mass is 9.77. The molecule has 6 heteroatoms. The molecule has 1 fully saturated rings. The largest absolute Gasteiger partial charge is 0.461 e. The molecule has 2 heterocycles. The van der Waals surface area contributed by atoms with E-state index in [0.717, 1.165) is 5.39 Å². The second-order valence-corrected chi connectivity index (χ2v) is 5.11. The topological polar surface area (TPSA) is 71.2 Å². The van der Waals surface area contributed by atoms with Crippen LogP contribution in [-0.2, 0) is 0 Å². The first-order chi connectivity index (χ1) is 8.05. The molecule has 0 saturated heterocycles. The molecule has 0 spiro atoms. The molecule has 0 atom stereocenters. The standard InChI is InChI=1S/C11H12ClN3O2/c1-11(16)4-6(5-11)13-10-7-2-3-17-8(7)9(12)14-15-10/h2-3,6,16H,4-5H2,1H3,(H,13,15). The van der Waals surface area contributed by atoms with E-state index in [1.54, 1.807) is 12.3 Å². The van der Waals surface area contributed by atoms with Crippen LogP contribution in [0.3, 0.4) is 0 Å². The third-order valence-corrected chi connectivity index (χ3v) is 3.31. The van der Waals surface area contributed by atoms with Crippen molar-refractivity contribution < 1.29 is 9.52 Å². The highest BCUT2D eigenvalue weighted by atomic mass is 35.5. The SMILES string of the molecule is CC1(O)CC(Nc2nnc(Cl)c3occc23)C1. The molecule has 1 saturated carbocycles. The van der Waals surface area contributed by atoms with Crippen LogP contribution in [-0.4, -0.2) is 26.9 Å². The van der Waals surface area contributed by atoms with E-state index in [-0.39, 0.29) is 11.2 Å². The molecule has 2 aromatic rings. The lowest BCUT2D eigenvalue weighted by molar-refractivity contribution is -0.0235. The second kappa shape index (κ2) is 3.58. The third kappa shape index (κ3) is 1.85. The summed E-state index contributed by atoms with van der Waals surface area (Å²) < 4.78 is 5.24. The number of aliphatic hydroxyl groups is 1. The molecule has 0 unspecified atom stereocenters. The van der Waals surface area contributed by atoms with Crippen molar-refractivity contribution in [3.8, 4) is 0 Å². The van der Waals surface area contributed by atoms with Crippen LogP contribution in [0.4, 0.5) is 5.82 Å². The van der Waals surface area contributed by atoms with Gasteiger partial charge in [0.05, 0.1) is 17.3 Å². The van der Waals surface area contributed by atoms with Gasteiger partial charge in [0.15, 0.2) is 16.6 Å². The number of hydrogen-bond donors (Lipinski definition) is 2. The molecule has 17 heavy (non-hydrogen) atoms. The summed E-state index contributed by atoms with van der Waals surface area (Å²) in [6, 6.07) is 2.02. The summed E-state index contributed by atoms with van der Waals surface area (Å²) in [7, 11) is 0. The van der Waals surface area contributed by atoms with Gasteiger partial charge in [-0.3, -0.25) is 0 Å². The number of aromatic nitrogens is 2. The predicted octanol–water partition coefficient (Wildman–Crippen LogP) is 2.20. The Labute approximate surface area is 103 Å². The molecule has 0 aliphatic heterocycles. The fourth-order valence-corrected chi connectivity index (χ4v) is 2.44. The van der Waals surface area contributed by atoms with E-state index in [1.165, 1.54) is 0 Å². The van der Waals surface area contributed by atoms with Gasteiger partial charge in [0, 0.05) is 6.04 Å². The molecule has 0 amide bonds. The van der Waals surface area contributed by atoms with Gasteiger partial charge in [0.2, 0.25) is 0 Å². The van der Waals surface area contributed by atoms with Crippen LogP contribution >= 0.6 is 11.6 Å². The summed E-state index contributed by atoms with van der Waals surface area (Å²) in [5.41, 5.74) is -0.0252. The Kier molecular flexibility index (Phi) is 2.27. The molecule has 0 bridgehead atoms. The summed E-state index contributed by atoms with van der Waals surface area (Å²) in [6.45, 7) is 1.83. The number of furan rings is 1. The highest BCUT2D eigenvalue weighted by Gasteiger charge is 2.38. The first-order valence-corrected chi connectivity index (χ1v) is 5.81. The fourth-order valence-electron chi connectivity index (χ4n) is 2.25. The maximum atomic E-state index is 9.66. The van der Waals surface area contributed by atoms with Crippen molar-refractivity contribution in [3.63, 3.8) is 0 Å². The van der Waals surface area contributed by atoms with Crippen LogP contribution in [0.25, 0.3) is 11.0 Å². The molecule has 0 radical (unpaired) electrons. The smallest absolute Gasteiger partial charge is 0.195 e. The zero-order valence-corrected chi connectivity index (χ0v) is 10.0. The first-order valence-electron chi connectivity index (χ1n) is 5.43. The van der Waals surface area contributed by atoms with Crippen LogP contribution in [0, 0.1) is 0 Å². The van der Waals surface area contributed by atoms with Gasteiger partial charge < -0.3 is 14.8 Å². The zero-order chi connectivity index (χ0) is 12.0. The monoisotopic (exact) mass is 253 g/mol. The summed E-state index contributed by atoms with van der Waals surface area (Å²) in [6.07, 6.45) is 2.97. The minimum absolute atomic E-state index is 0.221. The minimum atomic E-state index is -0.562. The maximum absolute atomic E-state index is 9.66. The summed E-state index contributed by atoms with van der Waals surface area (Å²) in [5.74, 6) is 0.652. The highest BCUT2D eigenvalue weighted by Crippen LogP contribution is 2.35. The van der Waals surface area contributed by atoms with Gasteiger partial charge in [0.1, 0.15) is 0 Å². The second-order valence-electron chi connectivity index (χ2n) is 4.75. The van der Waals surface area contributed by atoms with Crippen molar-refractivity contribution >= 4 is 28.4 Å². The molecule has 2 aromatic heterocycles. The quantitative estimate of drug-likeness (QED) is 0.859. The van der Waals surface area contributed by atoms with Crippen molar-refractivity contribution in [2.24, 2.45) is 0 Å². The van der Waals surface area contributed by atoms with Gasteiger partial charge in [-0.05, 0) is 25.8 Å². The lowest BCUT2D eigenvalue weighted by Gasteiger charge is -2.41. The van der Waals surface area contributed by atoms with Gasteiger partial charge in [-0.2, -0.15) is 0 Å². The molecule has 3 rings (SSSR count). The van der Waals surface area contributed by atoms with Crippen LogP contribution in [0.1, 0.15) is 19.8 Å². The van der Waals surface area contributed by atoms with Gasteiger partial charge in [-0.15, -0.1) is 10.2 Å². The molecule has 1 aliphatic carbocycles. The number of hydrogen-bond acceptors (Lipinski definition) is 5. The van der Waals surface area contributed by atoms with Crippen LogP contribution in [0.2, 0.25) is 5.15 Å². The number of nitrogens with one attached hydrogen (secondary N) is 1. The zero-order valence-electron chi connectivity index (χ0n) is 9.27. The summed E-state index contributed by atoms with van der Waals surface area (Å²) >= 11 is 5.86. The van der Waals surface area contributed by atoms with Crippen molar-refractivity contribution in [2.45, 2.75) is 31.4 Å². The Balaban J connectivity index is 1.87. The minimum Gasteiger partial charge on any atom is -0.461 e. The van der Waals surface area contributed by atoms with Gasteiger partial charge in [0.25, 0.3) is 0 Å². The molecule has 2 N–H and O–H groups in total. The Morgan fingerprint density at radius 2 is 2.29 bits per heavy atom. The molecular weight excluding hydrogens is 242 g/mol. The first kappa shape index (κ1) is 10.8. The number of halogens is 1. The average molecular weight is 254 g/mol. The van der Waals surface area contributed by atoms with E-state index < -0.39 is 5.60 Å². The van der Waals surface area contributed by atoms with Crippen molar-refractivity contribution in [1.82, 2.24) is 10.2 Å². The highest BCUT2D eigenvalue weighted by molar-refractivity contribution is 6.33. The Morgan fingerprint density at radius 1 is 1.53 bits per heavy atom. The predicted molar refractivity (Wildman–Crippen MR) is 64.1 cm³/mol.